The van der Waals surface area contributed by atoms with Gasteiger partial charge in [0.1, 0.15) is 11.6 Å². The molecule has 0 spiro atoms. The van der Waals surface area contributed by atoms with Crippen molar-refractivity contribution >= 4 is 46.6 Å². The number of rotatable bonds is 8. The average Bonchev–Trinajstić information content (AvgIpc) is 3.56. The van der Waals surface area contributed by atoms with E-state index >= 15 is 0 Å². The van der Waals surface area contributed by atoms with Crippen LogP contribution in [0.1, 0.15) is 40.6 Å². The molecule has 8 nitrogen and oxygen atoms in total. The van der Waals surface area contributed by atoms with Crippen molar-refractivity contribution in [3.63, 3.8) is 0 Å². The third-order valence-electron chi connectivity index (χ3n) is 5.25. The van der Waals surface area contributed by atoms with Crippen LogP contribution in [0, 0.1) is 13.8 Å². The summed E-state index contributed by atoms with van der Waals surface area (Å²) >= 11 is 7.49. The van der Waals surface area contributed by atoms with E-state index < -0.39 is 0 Å². The van der Waals surface area contributed by atoms with E-state index in [0.29, 0.717) is 33.8 Å². The Morgan fingerprint density at radius 2 is 1.91 bits per heavy atom. The highest BCUT2D eigenvalue weighted by Crippen LogP contribution is 2.38. The minimum atomic E-state index is -0.373. The summed E-state index contributed by atoms with van der Waals surface area (Å²) in [5, 5.41) is 15.3. The number of benzene rings is 2. The molecule has 1 aromatic heterocycles. The van der Waals surface area contributed by atoms with E-state index in [4.69, 9.17) is 16.3 Å². The van der Waals surface area contributed by atoms with Crippen LogP contribution in [-0.2, 0) is 4.79 Å². The first kappa shape index (κ1) is 23.1. The SMILES string of the molecule is COc1cc(Cl)c(C)cc1NC(=O)c1ccccc1NC(=O)CSc1nnc(C)n1C1CC1. The average molecular weight is 486 g/mol. The van der Waals surface area contributed by atoms with Gasteiger partial charge in [-0.1, -0.05) is 35.5 Å². The fraction of sp³-hybridized carbons (Fsp3) is 0.304. The van der Waals surface area contributed by atoms with Crippen LogP contribution in [0.15, 0.2) is 41.6 Å². The molecule has 172 valence electrons. The molecule has 1 heterocycles. The van der Waals surface area contributed by atoms with E-state index in [9.17, 15) is 9.59 Å². The molecule has 1 fully saturated rings. The quantitative estimate of drug-likeness (QED) is 0.441. The molecule has 0 saturated heterocycles. The second kappa shape index (κ2) is 9.84. The van der Waals surface area contributed by atoms with Crippen molar-refractivity contribution in [2.24, 2.45) is 0 Å². The van der Waals surface area contributed by atoms with Gasteiger partial charge in [0.2, 0.25) is 5.91 Å². The van der Waals surface area contributed by atoms with Crippen molar-refractivity contribution < 1.29 is 14.3 Å². The molecule has 1 aliphatic rings. The molecule has 1 saturated carbocycles. The molecule has 1 aliphatic carbocycles. The number of aryl methyl sites for hydroxylation is 2. The minimum Gasteiger partial charge on any atom is -0.495 e. The summed E-state index contributed by atoms with van der Waals surface area (Å²) < 4.78 is 7.42. The van der Waals surface area contributed by atoms with E-state index in [2.05, 4.69) is 25.4 Å². The zero-order chi connectivity index (χ0) is 23.5. The number of halogens is 1. The number of nitrogens with one attached hydrogen (secondary N) is 2. The number of anilines is 2. The Labute approximate surface area is 201 Å². The molecule has 0 unspecified atom stereocenters. The van der Waals surface area contributed by atoms with Gasteiger partial charge in [-0.15, -0.1) is 10.2 Å². The number of thioether (sulfide) groups is 1. The summed E-state index contributed by atoms with van der Waals surface area (Å²) in [6.45, 7) is 3.76. The van der Waals surface area contributed by atoms with Crippen LogP contribution in [0.25, 0.3) is 0 Å². The summed E-state index contributed by atoms with van der Waals surface area (Å²) in [7, 11) is 1.51. The Hall–Kier alpha value is -3.04. The smallest absolute Gasteiger partial charge is 0.257 e. The monoisotopic (exact) mass is 485 g/mol. The molecule has 2 N–H and O–H groups in total. The van der Waals surface area contributed by atoms with E-state index in [0.717, 1.165) is 29.4 Å². The van der Waals surface area contributed by atoms with Crippen LogP contribution < -0.4 is 15.4 Å². The summed E-state index contributed by atoms with van der Waals surface area (Å²) in [5.41, 5.74) is 2.06. The van der Waals surface area contributed by atoms with E-state index in [1.807, 2.05) is 13.8 Å². The normalized spacial score (nSPS) is 13.0. The molecule has 0 radical (unpaired) electrons. The van der Waals surface area contributed by atoms with Crippen molar-refractivity contribution in [3.8, 4) is 5.75 Å². The first-order valence-electron chi connectivity index (χ1n) is 10.5. The number of hydrogen-bond acceptors (Lipinski definition) is 6. The van der Waals surface area contributed by atoms with Gasteiger partial charge in [0.05, 0.1) is 29.8 Å². The molecule has 2 amide bonds. The van der Waals surface area contributed by atoms with Gasteiger partial charge in [-0.25, -0.2) is 0 Å². The largest absolute Gasteiger partial charge is 0.495 e. The van der Waals surface area contributed by atoms with Gasteiger partial charge >= 0.3 is 0 Å². The van der Waals surface area contributed by atoms with Crippen molar-refractivity contribution in [2.45, 2.75) is 37.9 Å². The first-order valence-corrected chi connectivity index (χ1v) is 11.8. The van der Waals surface area contributed by atoms with Crippen molar-refractivity contribution in [3.05, 3.63) is 58.4 Å². The molecule has 33 heavy (non-hydrogen) atoms. The summed E-state index contributed by atoms with van der Waals surface area (Å²) in [4.78, 5) is 25.7. The van der Waals surface area contributed by atoms with Gasteiger partial charge in [0, 0.05) is 17.1 Å². The van der Waals surface area contributed by atoms with Crippen LogP contribution in [-0.4, -0.2) is 39.4 Å². The van der Waals surface area contributed by atoms with Crippen LogP contribution in [0.5, 0.6) is 5.75 Å². The Morgan fingerprint density at radius 1 is 1.15 bits per heavy atom. The standard InChI is InChI=1S/C23H24ClN5O3S/c1-13-10-19(20(32-3)11-17(13)24)26-22(31)16-6-4-5-7-18(16)25-21(30)12-33-23-28-27-14(2)29(23)15-8-9-15/h4-7,10-11,15H,8-9,12H2,1-3H3,(H,25,30)(H,26,31). The maximum Gasteiger partial charge on any atom is 0.257 e. The third kappa shape index (κ3) is 5.31. The highest BCUT2D eigenvalue weighted by atomic mass is 35.5. The maximum atomic E-state index is 13.0. The lowest BCUT2D eigenvalue weighted by Gasteiger charge is -2.14. The fourth-order valence-corrected chi connectivity index (χ4v) is 4.43. The Morgan fingerprint density at radius 3 is 2.64 bits per heavy atom. The molecular weight excluding hydrogens is 462 g/mol. The predicted molar refractivity (Wildman–Crippen MR) is 130 cm³/mol. The number of amides is 2. The molecule has 0 aliphatic heterocycles. The molecule has 3 aromatic rings. The predicted octanol–water partition coefficient (Wildman–Crippen LogP) is 4.87. The molecule has 10 heteroatoms. The minimum absolute atomic E-state index is 0.158. The molecule has 2 aromatic carbocycles. The van der Waals surface area contributed by atoms with Gasteiger partial charge in [-0.3, -0.25) is 9.59 Å². The summed E-state index contributed by atoms with van der Waals surface area (Å²) in [6.07, 6.45) is 2.22. The van der Waals surface area contributed by atoms with Gasteiger partial charge in [0.25, 0.3) is 5.91 Å². The molecule has 0 bridgehead atoms. The Kier molecular flexibility index (Phi) is 6.90. The van der Waals surface area contributed by atoms with E-state index in [1.165, 1.54) is 18.9 Å². The lowest BCUT2D eigenvalue weighted by molar-refractivity contribution is -0.113. The second-order valence-corrected chi connectivity index (χ2v) is 9.12. The topological polar surface area (TPSA) is 98.1 Å². The van der Waals surface area contributed by atoms with E-state index in [1.54, 1.807) is 36.4 Å². The summed E-state index contributed by atoms with van der Waals surface area (Å²) in [6, 6.07) is 10.7. The van der Waals surface area contributed by atoms with Gasteiger partial charge in [-0.05, 0) is 50.5 Å². The number of carbonyl (C=O) groups excluding carboxylic acids is 2. The number of para-hydroxylation sites is 1. The summed E-state index contributed by atoms with van der Waals surface area (Å²) in [5.74, 6) is 0.860. The highest BCUT2D eigenvalue weighted by Gasteiger charge is 2.28. The Balaban J connectivity index is 1.45. The third-order valence-corrected chi connectivity index (χ3v) is 6.60. The number of aromatic nitrogens is 3. The number of nitrogens with zero attached hydrogens (tertiary/aromatic N) is 3. The molecular formula is C23H24ClN5O3S. The van der Waals surface area contributed by atoms with Crippen LogP contribution in [0.3, 0.4) is 0 Å². The lowest BCUT2D eigenvalue weighted by atomic mass is 10.1. The van der Waals surface area contributed by atoms with E-state index in [-0.39, 0.29) is 17.6 Å². The molecule has 0 atom stereocenters. The fourth-order valence-electron chi connectivity index (χ4n) is 3.43. The van der Waals surface area contributed by atoms with Crippen molar-refractivity contribution in [2.75, 3.05) is 23.5 Å². The zero-order valence-electron chi connectivity index (χ0n) is 18.5. The van der Waals surface area contributed by atoms with Gasteiger partial charge in [-0.2, -0.15) is 0 Å². The van der Waals surface area contributed by atoms with Gasteiger partial charge in [0.15, 0.2) is 5.16 Å². The number of ether oxygens (including phenoxy) is 1. The van der Waals surface area contributed by atoms with Crippen LogP contribution >= 0.6 is 23.4 Å². The highest BCUT2D eigenvalue weighted by molar-refractivity contribution is 7.99. The van der Waals surface area contributed by atoms with Crippen LogP contribution in [0.4, 0.5) is 11.4 Å². The van der Waals surface area contributed by atoms with Crippen LogP contribution in [0.2, 0.25) is 5.02 Å². The van der Waals surface area contributed by atoms with Crippen molar-refractivity contribution in [1.82, 2.24) is 14.8 Å². The number of hydrogen-bond donors (Lipinski definition) is 2. The zero-order valence-corrected chi connectivity index (χ0v) is 20.1. The second-order valence-electron chi connectivity index (χ2n) is 7.77. The Bertz CT molecular complexity index is 1210. The maximum absolute atomic E-state index is 13.0. The number of methoxy groups -OCH3 is 1. The number of carbonyl (C=O) groups is 2. The lowest BCUT2D eigenvalue weighted by Crippen LogP contribution is -2.19. The first-order chi connectivity index (χ1) is 15.9. The van der Waals surface area contributed by atoms with Crippen molar-refractivity contribution in [1.29, 1.82) is 0 Å². The molecule has 4 rings (SSSR count). The van der Waals surface area contributed by atoms with Gasteiger partial charge < -0.3 is 19.9 Å².